The Balaban J connectivity index is 1.75. The number of anilines is 1. The lowest BCUT2D eigenvalue weighted by Crippen LogP contribution is -2.15. The highest BCUT2D eigenvalue weighted by Gasteiger charge is 2.07. The number of hydrogen-bond acceptors (Lipinski definition) is 1. The van der Waals surface area contributed by atoms with Gasteiger partial charge in [0.1, 0.15) is 0 Å². The molecule has 0 unspecified atom stereocenters. The molecule has 1 aromatic heterocycles. The zero-order valence-corrected chi connectivity index (χ0v) is 12.4. The van der Waals surface area contributed by atoms with Gasteiger partial charge in [-0.2, -0.15) is 0 Å². The molecular formula is C17H15ClN2O. The van der Waals surface area contributed by atoms with E-state index in [1.165, 1.54) is 0 Å². The molecule has 0 atom stereocenters. The topological polar surface area (TPSA) is 44.9 Å². The number of benzene rings is 2. The zero-order valence-electron chi connectivity index (χ0n) is 11.6. The van der Waals surface area contributed by atoms with E-state index in [4.69, 9.17) is 11.6 Å². The number of rotatable bonds is 3. The van der Waals surface area contributed by atoms with Crippen LogP contribution in [0.2, 0.25) is 5.02 Å². The van der Waals surface area contributed by atoms with Crippen LogP contribution in [-0.4, -0.2) is 10.9 Å². The molecule has 4 heteroatoms. The molecule has 2 N–H and O–H groups in total. The second-order valence-electron chi connectivity index (χ2n) is 5.08. The van der Waals surface area contributed by atoms with Gasteiger partial charge in [-0.3, -0.25) is 4.79 Å². The van der Waals surface area contributed by atoms with Gasteiger partial charge in [-0.05, 0) is 47.7 Å². The van der Waals surface area contributed by atoms with Crippen molar-refractivity contribution in [2.45, 2.75) is 13.3 Å². The fraction of sp³-hybridized carbons (Fsp3) is 0.118. The van der Waals surface area contributed by atoms with Crippen molar-refractivity contribution in [3.05, 3.63) is 64.8 Å². The van der Waals surface area contributed by atoms with Crippen molar-refractivity contribution in [3.8, 4) is 0 Å². The van der Waals surface area contributed by atoms with Gasteiger partial charge in [-0.15, -0.1) is 0 Å². The van der Waals surface area contributed by atoms with Crippen LogP contribution in [0.25, 0.3) is 10.9 Å². The van der Waals surface area contributed by atoms with E-state index in [-0.39, 0.29) is 5.91 Å². The molecule has 1 heterocycles. The van der Waals surface area contributed by atoms with Crippen molar-refractivity contribution in [1.29, 1.82) is 0 Å². The van der Waals surface area contributed by atoms with Crippen LogP contribution in [0.5, 0.6) is 0 Å². The van der Waals surface area contributed by atoms with E-state index >= 15 is 0 Å². The Labute approximate surface area is 127 Å². The van der Waals surface area contributed by atoms with E-state index in [0.29, 0.717) is 11.4 Å². The standard InChI is InChI=1S/C17H15ClN2O/c1-11-2-5-14(18)10-15(11)20-17(21)9-12-3-4-13-6-7-19-16(13)8-12/h2-8,10,19H,9H2,1H3,(H,20,21). The lowest BCUT2D eigenvalue weighted by Gasteiger charge is -2.09. The highest BCUT2D eigenvalue weighted by Crippen LogP contribution is 2.21. The molecule has 1 amide bonds. The summed E-state index contributed by atoms with van der Waals surface area (Å²) in [5.41, 5.74) is 3.77. The van der Waals surface area contributed by atoms with Gasteiger partial charge in [0.2, 0.25) is 5.91 Å². The summed E-state index contributed by atoms with van der Waals surface area (Å²) in [6.07, 6.45) is 2.23. The Morgan fingerprint density at radius 1 is 1.19 bits per heavy atom. The largest absolute Gasteiger partial charge is 0.361 e. The average Bonchev–Trinajstić information content (AvgIpc) is 2.90. The average molecular weight is 299 g/mol. The molecule has 21 heavy (non-hydrogen) atoms. The van der Waals surface area contributed by atoms with E-state index in [2.05, 4.69) is 10.3 Å². The minimum atomic E-state index is -0.0497. The Morgan fingerprint density at radius 3 is 2.90 bits per heavy atom. The van der Waals surface area contributed by atoms with E-state index in [1.807, 2.05) is 49.5 Å². The van der Waals surface area contributed by atoms with Crippen molar-refractivity contribution in [2.75, 3.05) is 5.32 Å². The van der Waals surface area contributed by atoms with Crippen LogP contribution in [-0.2, 0) is 11.2 Å². The summed E-state index contributed by atoms with van der Waals surface area (Å²) in [7, 11) is 0. The molecular weight excluding hydrogens is 284 g/mol. The molecule has 0 radical (unpaired) electrons. The zero-order chi connectivity index (χ0) is 14.8. The van der Waals surface area contributed by atoms with Crippen LogP contribution in [0.3, 0.4) is 0 Å². The summed E-state index contributed by atoms with van der Waals surface area (Å²) in [5.74, 6) is -0.0497. The first-order valence-electron chi connectivity index (χ1n) is 6.74. The molecule has 0 aliphatic heterocycles. The summed E-state index contributed by atoms with van der Waals surface area (Å²) in [6.45, 7) is 1.94. The maximum absolute atomic E-state index is 12.2. The van der Waals surface area contributed by atoms with Crippen molar-refractivity contribution >= 4 is 34.1 Å². The molecule has 0 bridgehead atoms. The molecule has 3 nitrogen and oxygen atoms in total. The fourth-order valence-corrected chi connectivity index (χ4v) is 2.49. The van der Waals surface area contributed by atoms with Gasteiger partial charge in [0, 0.05) is 22.4 Å². The van der Waals surface area contributed by atoms with Crippen LogP contribution in [0.4, 0.5) is 5.69 Å². The molecule has 106 valence electrons. The first-order chi connectivity index (χ1) is 10.1. The highest BCUT2D eigenvalue weighted by molar-refractivity contribution is 6.31. The molecule has 0 aliphatic rings. The first kappa shape index (κ1) is 13.7. The van der Waals surface area contributed by atoms with Crippen LogP contribution in [0, 0.1) is 6.92 Å². The van der Waals surface area contributed by atoms with Crippen molar-refractivity contribution < 1.29 is 4.79 Å². The molecule has 0 saturated heterocycles. The van der Waals surface area contributed by atoms with Crippen LogP contribution in [0.1, 0.15) is 11.1 Å². The summed E-state index contributed by atoms with van der Waals surface area (Å²) in [4.78, 5) is 15.3. The lowest BCUT2D eigenvalue weighted by atomic mass is 10.1. The van der Waals surface area contributed by atoms with Crippen LogP contribution >= 0.6 is 11.6 Å². The van der Waals surface area contributed by atoms with Gasteiger partial charge >= 0.3 is 0 Å². The van der Waals surface area contributed by atoms with Gasteiger partial charge in [0.15, 0.2) is 0 Å². The normalized spacial score (nSPS) is 10.8. The number of amides is 1. The highest BCUT2D eigenvalue weighted by atomic mass is 35.5. The van der Waals surface area contributed by atoms with E-state index in [0.717, 1.165) is 27.7 Å². The third-order valence-corrected chi connectivity index (χ3v) is 3.69. The molecule has 0 spiro atoms. The monoisotopic (exact) mass is 298 g/mol. The van der Waals surface area contributed by atoms with E-state index in [9.17, 15) is 4.79 Å². The molecule has 0 saturated carbocycles. The quantitative estimate of drug-likeness (QED) is 0.743. The number of carbonyl (C=O) groups is 1. The van der Waals surface area contributed by atoms with Crippen molar-refractivity contribution in [1.82, 2.24) is 4.98 Å². The SMILES string of the molecule is Cc1ccc(Cl)cc1NC(=O)Cc1ccc2cc[nH]c2c1. The number of fused-ring (bicyclic) bond motifs is 1. The Kier molecular flexibility index (Phi) is 3.67. The van der Waals surface area contributed by atoms with Gasteiger partial charge in [-0.1, -0.05) is 29.8 Å². The lowest BCUT2D eigenvalue weighted by molar-refractivity contribution is -0.115. The third kappa shape index (κ3) is 3.09. The van der Waals surface area contributed by atoms with Crippen molar-refractivity contribution in [3.63, 3.8) is 0 Å². The van der Waals surface area contributed by atoms with Crippen molar-refractivity contribution in [2.24, 2.45) is 0 Å². The maximum atomic E-state index is 12.2. The predicted molar refractivity (Wildman–Crippen MR) is 86.8 cm³/mol. The summed E-state index contributed by atoms with van der Waals surface area (Å²) in [6, 6.07) is 13.5. The Morgan fingerprint density at radius 2 is 2.05 bits per heavy atom. The van der Waals surface area contributed by atoms with Gasteiger partial charge in [0.25, 0.3) is 0 Å². The third-order valence-electron chi connectivity index (χ3n) is 3.46. The minimum absolute atomic E-state index is 0.0497. The number of halogens is 1. The Bertz CT molecular complexity index is 807. The second-order valence-corrected chi connectivity index (χ2v) is 5.52. The van der Waals surface area contributed by atoms with E-state index in [1.54, 1.807) is 6.07 Å². The van der Waals surface area contributed by atoms with Crippen LogP contribution < -0.4 is 5.32 Å². The number of aryl methyl sites for hydroxylation is 1. The number of carbonyl (C=O) groups excluding carboxylic acids is 1. The number of H-pyrrole nitrogens is 1. The molecule has 0 aliphatic carbocycles. The molecule has 3 rings (SSSR count). The maximum Gasteiger partial charge on any atom is 0.228 e. The smallest absolute Gasteiger partial charge is 0.228 e. The summed E-state index contributed by atoms with van der Waals surface area (Å²) in [5, 5.41) is 4.67. The number of hydrogen-bond donors (Lipinski definition) is 2. The van der Waals surface area contributed by atoms with E-state index < -0.39 is 0 Å². The fourth-order valence-electron chi connectivity index (χ4n) is 2.31. The molecule has 3 aromatic rings. The van der Waals surface area contributed by atoms with Gasteiger partial charge < -0.3 is 10.3 Å². The molecule has 0 fully saturated rings. The number of nitrogens with one attached hydrogen (secondary N) is 2. The predicted octanol–water partition coefficient (Wildman–Crippen LogP) is 4.31. The number of aromatic nitrogens is 1. The second kappa shape index (κ2) is 5.62. The van der Waals surface area contributed by atoms with Gasteiger partial charge in [-0.25, -0.2) is 0 Å². The Hall–Kier alpha value is -2.26. The van der Waals surface area contributed by atoms with Crippen LogP contribution in [0.15, 0.2) is 48.7 Å². The summed E-state index contributed by atoms with van der Waals surface area (Å²) < 4.78 is 0. The van der Waals surface area contributed by atoms with Gasteiger partial charge in [0.05, 0.1) is 6.42 Å². The first-order valence-corrected chi connectivity index (χ1v) is 7.11. The summed E-state index contributed by atoms with van der Waals surface area (Å²) >= 11 is 5.96. The minimum Gasteiger partial charge on any atom is -0.361 e. The number of aromatic amines is 1. The molecule has 2 aromatic carbocycles.